The van der Waals surface area contributed by atoms with Crippen LogP contribution < -0.4 is 34.7 Å². The standard InChI is InChI=1S/C26H39NO6.Na/c1-19(10-6-12-21(3)18-23(28)26(32)33-4)8-5-9-20(2)11-7-13-22-14-16-27(25(22)31)17-15-24(29)30;/h5,8-9,12,14,19,23,28H,6-7,10-11,13,15-18H2,1-4H3,(H,29,30);/q;+1/p-1/b8-5+,20-9+,21-12-;/t19-,23?;/m1./s1. The van der Waals surface area contributed by atoms with Crippen LogP contribution >= 0.6 is 0 Å². The summed E-state index contributed by atoms with van der Waals surface area (Å²) in [5.74, 6) is -1.41. The molecule has 0 aliphatic carbocycles. The van der Waals surface area contributed by atoms with E-state index in [1.165, 1.54) is 12.7 Å². The largest absolute Gasteiger partial charge is 1.00 e. The number of aliphatic hydroxyl groups excluding tert-OH is 1. The molecular weight excluding hydrogens is 445 g/mol. The van der Waals surface area contributed by atoms with Gasteiger partial charge in [0.05, 0.1) is 7.11 Å². The fourth-order valence-electron chi connectivity index (χ4n) is 3.57. The normalized spacial score (nSPS) is 16.3. The predicted octanol–water partition coefficient (Wildman–Crippen LogP) is -0.142. The summed E-state index contributed by atoms with van der Waals surface area (Å²) in [5, 5.41) is 20.2. The average Bonchev–Trinajstić information content (AvgIpc) is 3.10. The molecule has 0 fully saturated rings. The Labute approximate surface area is 225 Å². The molecule has 0 bridgehead atoms. The molecule has 2 atom stereocenters. The third-order valence-corrected chi connectivity index (χ3v) is 5.65. The first-order valence-electron chi connectivity index (χ1n) is 11.6. The van der Waals surface area contributed by atoms with E-state index in [2.05, 4.69) is 42.9 Å². The number of carboxylic acids is 1. The van der Waals surface area contributed by atoms with Crippen LogP contribution in [0.5, 0.6) is 0 Å². The number of amides is 1. The minimum atomic E-state index is -1.14. The van der Waals surface area contributed by atoms with Gasteiger partial charge in [-0.05, 0) is 51.9 Å². The van der Waals surface area contributed by atoms with Gasteiger partial charge < -0.3 is 24.6 Å². The Kier molecular flexibility index (Phi) is 16.8. The molecule has 1 amide bonds. The molecular formula is C26H38NNaO6. The molecule has 8 heteroatoms. The van der Waals surface area contributed by atoms with E-state index in [9.17, 15) is 24.6 Å². The van der Waals surface area contributed by atoms with Gasteiger partial charge in [0.2, 0.25) is 5.91 Å². The van der Waals surface area contributed by atoms with Gasteiger partial charge in [-0.3, -0.25) is 4.79 Å². The summed E-state index contributed by atoms with van der Waals surface area (Å²) >= 11 is 0. The van der Waals surface area contributed by atoms with Crippen LogP contribution in [0.3, 0.4) is 0 Å². The van der Waals surface area contributed by atoms with Crippen molar-refractivity contribution in [1.29, 1.82) is 0 Å². The van der Waals surface area contributed by atoms with E-state index >= 15 is 0 Å². The van der Waals surface area contributed by atoms with Crippen molar-refractivity contribution in [2.45, 2.75) is 71.8 Å². The number of esters is 1. The number of aliphatic hydroxyl groups is 1. The van der Waals surface area contributed by atoms with E-state index in [-0.39, 0.29) is 48.4 Å². The summed E-state index contributed by atoms with van der Waals surface area (Å²) in [5.41, 5.74) is 2.98. The molecule has 0 aromatic rings. The smallest absolute Gasteiger partial charge is 0.550 e. The summed E-state index contributed by atoms with van der Waals surface area (Å²) in [6.07, 6.45) is 13.6. The van der Waals surface area contributed by atoms with E-state index in [1.54, 1.807) is 4.90 Å². The monoisotopic (exact) mass is 483 g/mol. The van der Waals surface area contributed by atoms with Crippen molar-refractivity contribution >= 4 is 17.8 Å². The molecule has 0 radical (unpaired) electrons. The van der Waals surface area contributed by atoms with Crippen LogP contribution in [0.2, 0.25) is 0 Å². The minimum absolute atomic E-state index is 0. The van der Waals surface area contributed by atoms with E-state index in [1.807, 2.05) is 13.0 Å². The van der Waals surface area contributed by atoms with Crippen LogP contribution in [0.1, 0.15) is 65.7 Å². The maximum Gasteiger partial charge on any atom is 1.00 e. The Bertz CT molecular complexity index is 799. The molecule has 7 nitrogen and oxygen atoms in total. The van der Waals surface area contributed by atoms with Gasteiger partial charge in [0.15, 0.2) is 6.10 Å². The van der Waals surface area contributed by atoms with Crippen LogP contribution in [-0.2, 0) is 19.1 Å². The summed E-state index contributed by atoms with van der Waals surface area (Å²) in [4.78, 5) is 35.6. The van der Waals surface area contributed by atoms with Crippen molar-refractivity contribution in [3.8, 4) is 0 Å². The minimum Gasteiger partial charge on any atom is -0.550 e. The molecule has 184 valence electrons. The molecule has 1 unspecified atom stereocenters. The van der Waals surface area contributed by atoms with E-state index in [0.717, 1.165) is 36.8 Å². The zero-order valence-corrected chi connectivity index (χ0v) is 23.3. The summed E-state index contributed by atoms with van der Waals surface area (Å²) in [6, 6.07) is 0. The molecule has 1 heterocycles. The topological polar surface area (TPSA) is 107 Å². The zero-order valence-electron chi connectivity index (χ0n) is 21.3. The molecule has 1 rings (SSSR count). The number of hydrogen-bond donors (Lipinski definition) is 1. The van der Waals surface area contributed by atoms with E-state index < -0.39 is 18.0 Å². The van der Waals surface area contributed by atoms with E-state index in [0.29, 0.717) is 25.3 Å². The Hall–Kier alpha value is -1.67. The summed E-state index contributed by atoms with van der Waals surface area (Å²) in [6.45, 7) is 6.81. The number of nitrogens with zero attached hydrogens (tertiary/aromatic N) is 1. The Morgan fingerprint density at radius 3 is 2.62 bits per heavy atom. The third kappa shape index (κ3) is 13.3. The third-order valence-electron chi connectivity index (χ3n) is 5.65. The average molecular weight is 484 g/mol. The fraction of sp³-hybridized carbons (Fsp3) is 0.577. The van der Waals surface area contributed by atoms with Crippen molar-refractivity contribution in [3.05, 3.63) is 47.1 Å². The number of carboxylic acid groups (broad SMARTS) is 1. The molecule has 1 aliphatic rings. The number of rotatable bonds is 15. The number of aliphatic carboxylic acids is 1. The fourth-order valence-corrected chi connectivity index (χ4v) is 3.57. The van der Waals surface area contributed by atoms with Crippen molar-refractivity contribution in [3.63, 3.8) is 0 Å². The van der Waals surface area contributed by atoms with Crippen LogP contribution in [0.25, 0.3) is 0 Å². The summed E-state index contributed by atoms with van der Waals surface area (Å²) in [7, 11) is 1.26. The van der Waals surface area contributed by atoms with Gasteiger partial charge in [-0.25, -0.2) is 4.79 Å². The van der Waals surface area contributed by atoms with E-state index in [4.69, 9.17) is 0 Å². The second-order valence-electron chi connectivity index (χ2n) is 8.70. The zero-order chi connectivity index (χ0) is 24.8. The van der Waals surface area contributed by atoms with Gasteiger partial charge in [-0.15, -0.1) is 0 Å². The van der Waals surface area contributed by atoms with Gasteiger partial charge in [-0.1, -0.05) is 48.5 Å². The van der Waals surface area contributed by atoms with Crippen LogP contribution in [0, 0.1) is 5.92 Å². The molecule has 0 spiro atoms. The molecule has 0 saturated carbocycles. The number of ether oxygens (including phenoxy) is 1. The predicted molar refractivity (Wildman–Crippen MR) is 126 cm³/mol. The maximum absolute atomic E-state index is 12.2. The number of methoxy groups -OCH3 is 1. The summed E-state index contributed by atoms with van der Waals surface area (Å²) < 4.78 is 4.52. The van der Waals surface area contributed by atoms with Gasteiger partial charge in [-0.2, -0.15) is 0 Å². The molecule has 0 saturated heterocycles. The molecule has 34 heavy (non-hydrogen) atoms. The number of hydrogen-bond acceptors (Lipinski definition) is 6. The second kappa shape index (κ2) is 17.7. The second-order valence-corrected chi connectivity index (χ2v) is 8.70. The Morgan fingerprint density at radius 2 is 1.97 bits per heavy atom. The van der Waals surface area contributed by atoms with Gasteiger partial charge in [0, 0.05) is 37.5 Å². The molecule has 1 N–H and O–H groups in total. The van der Waals surface area contributed by atoms with Gasteiger partial charge >= 0.3 is 35.5 Å². The van der Waals surface area contributed by atoms with Crippen molar-refractivity contribution in [2.75, 3.05) is 20.2 Å². The van der Waals surface area contributed by atoms with Crippen molar-refractivity contribution in [2.24, 2.45) is 5.92 Å². The maximum atomic E-state index is 12.2. The van der Waals surface area contributed by atoms with Crippen LogP contribution in [0.4, 0.5) is 0 Å². The van der Waals surface area contributed by atoms with Crippen molar-refractivity contribution in [1.82, 2.24) is 4.90 Å². The number of allylic oxidation sites excluding steroid dienone is 5. The Balaban J connectivity index is 0.0000109. The van der Waals surface area contributed by atoms with Crippen molar-refractivity contribution < 1.29 is 58.9 Å². The first-order valence-corrected chi connectivity index (χ1v) is 11.6. The molecule has 0 aromatic carbocycles. The van der Waals surface area contributed by atoms with Gasteiger partial charge in [0.1, 0.15) is 0 Å². The number of carbonyl (C=O) groups excluding carboxylic acids is 3. The quantitative estimate of drug-likeness (QED) is 0.150. The first kappa shape index (κ1) is 32.3. The first-order chi connectivity index (χ1) is 15.6. The molecule has 1 aliphatic heterocycles. The van der Waals surface area contributed by atoms with Crippen LogP contribution in [-0.4, -0.2) is 54.2 Å². The number of carbonyl (C=O) groups is 3. The van der Waals surface area contributed by atoms with Gasteiger partial charge in [0.25, 0.3) is 0 Å². The molecule has 0 aromatic heterocycles. The van der Waals surface area contributed by atoms with Crippen LogP contribution in [0.15, 0.2) is 47.1 Å². The SMILES string of the molecule is COC(=O)C(O)C/C(C)=C\CC[C@H](C)/C=C/C=C(\C)CCCC1=CCN(CCC(=O)[O-])C1=O.[Na+]. The Morgan fingerprint density at radius 1 is 1.26 bits per heavy atom.